The first-order chi connectivity index (χ1) is 8.95. The second-order valence-corrected chi connectivity index (χ2v) is 4.32. The Morgan fingerprint density at radius 1 is 1.37 bits per heavy atom. The lowest BCUT2D eigenvalue weighted by Gasteiger charge is -2.41. The molecule has 1 aliphatic heterocycles. The minimum Gasteiger partial charge on any atom is -0.394 e. The van der Waals surface area contributed by atoms with Gasteiger partial charge < -0.3 is 25.8 Å². The van der Waals surface area contributed by atoms with E-state index in [9.17, 15) is 19.8 Å². The second-order valence-electron chi connectivity index (χ2n) is 4.32. The molecule has 2 rings (SSSR count). The van der Waals surface area contributed by atoms with Gasteiger partial charge in [-0.2, -0.15) is 0 Å². The number of aliphatic hydroxyl groups is 3. The summed E-state index contributed by atoms with van der Waals surface area (Å²) >= 11 is 0. The third-order valence-electron chi connectivity index (χ3n) is 3.08. The van der Waals surface area contributed by atoms with E-state index < -0.39 is 48.4 Å². The molecule has 2 heterocycles. The number of aliphatic hydroxyl groups excluding tert-OH is 3. The van der Waals surface area contributed by atoms with Crippen molar-refractivity contribution in [2.24, 2.45) is 5.73 Å². The molecule has 9 nitrogen and oxygen atoms in total. The summed E-state index contributed by atoms with van der Waals surface area (Å²) in [4.78, 5) is 24.6. The van der Waals surface area contributed by atoms with Crippen molar-refractivity contribution in [1.29, 1.82) is 0 Å². The molecule has 1 aromatic rings. The molecule has 5 unspecified atom stereocenters. The standard InChI is InChI=1S/C10H15N3O6/c11-6-7(16)4(3-14)19-9(8(6)17)13-2-1-5(15)12-10(13)18/h1-2,4,6-9,14,16-17H,3,11H2,(H,12,15,18). The average molecular weight is 273 g/mol. The average Bonchev–Trinajstić information content (AvgIpc) is 2.38. The Bertz CT molecular complexity index is 553. The van der Waals surface area contributed by atoms with Gasteiger partial charge in [-0.05, 0) is 0 Å². The molecule has 0 amide bonds. The summed E-state index contributed by atoms with van der Waals surface area (Å²) in [6.07, 6.45) is -3.69. The van der Waals surface area contributed by atoms with Gasteiger partial charge in [-0.1, -0.05) is 0 Å². The Labute approximate surface area is 106 Å². The predicted molar refractivity (Wildman–Crippen MR) is 62.3 cm³/mol. The monoisotopic (exact) mass is 273 g/mol. The van der Waals surface area contributed by atoms with Gasteiger partial charge in [-0.3, -0.25) is 14.3 Å². The van der Waals surface area contributed by atoms with Gasteiger partial charge in [0.2, 0.25) is 0 Å². The molecular formula is C10H15N3O6. The van der Waals surface area contributed by atoms with Crippen LogP contribution in [0.25, 0.3) is 0 Å². The molecule has 1 aromatic heterocycles. The Morgan fingerprint density at radius 2 is 2.05 bits per heavy atom. The maximum atomic E-state index is 11.6. The molecule has 0 aliphatic carbocycles. The zero-order valence-corrected chi connectivity index (χ0v) is 9.84. The van der Waals surface area contributed by atoms with Crippen molar-refractivity contribution < 1.29 is 20.1 Å². The minimum atomic E-state index is -1.36. The zero-order valence-electron chi connectivity index (χ0n) is 9.84. The van der Waals surface area contributed by atoms with Crippen molar-refractivity contribution in [1.82, 2.24) is 9.55 Å². The Kier molecular flexibility index (Phi) is 3.83. The molecule has 0 bridgehead atoms. The lowest BCUT2D eigenvalue weighted by molar-refractivity contribution is -0.216. The van der Waals surface area contributed by atoms with Crippen LogP contribution >= 0.6 is 0 Å². The maximum Gasteiger partial charge on any atom is 0.330 e. The first-order valence-corrected chi connectivity index (χ1v) is 5.65. The Morgan fingerprint density at radius 3 is 2.63 bits per heavy atom. The normalized spacial score (nSPS) is 35.3. The summed E-state index contributed by atoms with van der Waals surface area (Å²) in [7, 11) is 0. The van der Waals surface area contributed by atoms with Crippen LogP contribution in [0.1, 0.15) is 6.23 Å². The molecule has 1 fully saturated rings. The van der Waals surface area contributed by atoms with E-state index in [0.717, 1.165) is 16.8 Å². The van der Waals surface area contributed by atoms with E-state index in [1.165, 1.54) is 0 Å². The van der Waals surface area contributed by atoms with Crippen molar-refractivity contribution in [3.05, 3.63) is 33.1 Å². The molecule has 0 radical (unpaired) electrons. The van der Waals surface area contributed by atoms with E-state index in [-0.39, 0.29) is 0 Å². The highest BCUT2D eigenvalue weighted by atomic mass is 16.5. The van der Waals surface area contributed by atoms with E-state index in [1.807, 2.05) is 4.98 Å². The summed E-state index contributed by atoms with van der Waals surface area (Å²) in [6.45, 7) is -0.518. The summed E-state index contributed by atoms with van der Waals surface area (Å²) in [6, 6.07) is -0.00291. The van der Waals surface area contributed by atoms with Crippen LogP contribution in [0.5, 0.6) is 0 Å². The van der Waals surface area contributed by atoms with Crippen LogP contribution in [0.3, 0.4) is 0 Å². The highest BCUT2D eigenvalue weighted by Crippen LogP contribution is 2.25. The fourth-order valence-corrected chi connectivity index (χ4v) is 1.99. The molecule has 1 saturated heterocycles. The number of aromatic nitrogens is 2. The third kappa shape index (κ3) is 2.46. The molecule has 19 heavy (non-hydrogen) atoms. The molecule has 9 heteroatoms. The van der Waals surface area contributed by atoms with Crippen LogP contribution in [0.2, 0.25) is 0 Å². The molecular weight excluding hydrogens is 258 g/mol. The number of ether oxygens (including phenoxy) is 1. The fraction of sp³-hybridized carbons (Fsp3) is 0.600. The Balaban J connectivity index is 2.38. The van der Waals surface area contributed by atoms with Crippen LogP contribution in [0.4, 0.5) is 0 Å². The number of H-pyrrole nitrogens is 1. The number of aromatic amines is 1. The van der Waals surface area contributed by atoms with E-state index in [4.69, 9.17) is 15.6 Å². The maximum absolute atomic E-state index is 11.6. The van der Waals surface area contributed by atoms with E-state index in [1.54, 1.807) is 0 Å². The van der Waals surface area contributed by atoms with Gasteiger partial charge in [0, 0.05) is 12.3 Å². The van der Waals surface area contributed by atoms with Crippen LogP contribution < -0.4 is 17.0 Å². The summed E-state index contributed by atoms with van der Waals surface area (Å²) in [5, 5.41) is 28.7. The quantitative estimate of drug-likeness (QED) is 0.374. The van der Waals surface area contributed by atoms with Crippen molar-refractivity contribution in [3.8, 4) is 0 Å². The molecule has 1 aliphatic rings. The van der Waals surface area contributed by atoms with E-state index in [0.29, 0.717) is 0 Å². The van der Waals surface area contributed by atoms with Gasteiger partial charge in [-0.15, -0.1) is 0 Å². The number of hydrogen-bond donors (Lipinski definition) is 5. The zero-order chi connectivity index (χ0) is 14.2. The lowest BCUT2D eigenvalue weighted by atomic mass is 9.96. The van der Waals surface area contributed by atoms with E-state index >= 15 is 0 Å². The highest BCUT2D eigenvalue weighted by molar-refractivity contribution is 4.95. The van der Waals surface area contributed by atoms with Crippen molar-refractivity contribution >= 4 is 0 Å². The molecule has 0 spiro atoms. The van der Waals surface area contributed by atoms with Gasteiger partial charge in [-0.25, -0.2) is 4.79 Å². The first kappa shape index (κ1) is 13.9. The molecule has 5 atom stereocenters. The number of rotatable bonds is 2. The van der Waals surface area contributed by atoms with Crippen molar-refractivity contribution in [2.75, 3.05) is 6.61 Å². The summed E-state index contributed by atoms with van der Waals surface area (Å²) in [5.41, 5.74) is 4.25. The SMILES string of the molecule is NC1C(O)C(CO)OC(n2ccc(=O)[nH]c2=O)C1O. The fourth-order valence-electron chi connectivity index (χ4n) is 1.99. The Hall–Kier alpha value is -1.52. The number of nitrogens with zero attached hydrogens (tertiary/aromatic N) is 1. The number of hydrogen-bond acceptors (Lipinski definition) is 7. The lowest BCUT2D eigenvalue weighted by Crippen LogP contribution is -2.61. The molecule has 0 saturated carbocycles. The predicted octanol–water partition coefficient (Wildman–Crippen LogP) is -3.52. The molecule has 0 aromatic carbocycles. The van der Waals surface area contributed by atoms with Gasteiger partial charge in [0.1, 0.15) is 18.3 Å². The topological polar surface area (TPSA) is 151 Å². The largest absolute Gasteiger partial charge is 0.394 e. The smallest absolute Gasteiger partial charge is 0.330 e. The highest BCUT2D eigenvalue weighted by Gasteiger charge is 2.43. The minimum absolute atomic E-state index is 0.518. The van der Waals surface area contributed by atoms with Gasteiger partial charge in [0.15, 0.2) is 6.23 Å². The second kappa shape index (κ2) is 5.23. The van der Waals surface area contributed by atoms with Crippen molar-refractivity contribution in [3.63, 3.8) is 0 Å². The summed E-state index contributed by atoms with van der Waals surface area (Å²) in [5.74, 6) is 0. The van der Waals surface area contributed by atoms with Gasteiger partial charge in [0.05, 0.1) is 12.6 Å². The van der Waals surface area contributed by atoms with Crippen LogP contribution in [-0.2, 0) is 4.74 Å². The van der Waals surface area contributed by atoms with Gasteiger partial charge in [0.25, 0.3) is 5.56 Å². The van der Waals surface area contributed by atoms with Crippen molar-refractivity contribution in [2.45, 2.75) is 30.6 Å². The number of nitrogens with two attached hydrogens (primary N) is 1. The number of nitrogens with one attached hydrogen (secondary N) is 1. The first-order valence-electron chi connectivity index (χ1n) is 5.65. The molecule has 106 valence electrons. The molecule has 6 N–H and O–H groups in total. The van der Waals surface area contributed by atoms with Crippen LogP contribution in [0, 0.1) is 0 Å². The summed E-state index contributed by atoms with van der Waals surface area (Å²) < 4.78 is 6.19. The van der Waals surface area contributed by atoms with Crippen LogP contribution in [-0.4, -0.2) is 55.8 Å². The van der Waals surface area contributed by atoms with E-state index in [2.05, 4.69) is 0 Å². The van der Waals surface area contributed by atoms with Gasteiger partial charge >= 0.3 is 5.69 Å². The third-order valence-corrected chi connectivity index (χ3v) is 3.08. The van der Waals surface area contributed by atoms with Crippen LogP contribution in [0.15, 0.2) is 21.9 Å².